The van der Waals surface area contributed by atoms with Crippen LogP contribution in [0.3, 0.4) is 0 Å². The highest BCUT2D eigenvalue weighted by molar-refractivity contribution is 7.89. The number of carbonyl (C=O) groups is 1. The van der Waals surface area contributed by atoms with E-state index in [9.17, 15) is 40.9 Å². The van der Waals surface area contributed by atoms with Crippen molar-refractivity contribution >= 4 is 21.6 Å². The number of rotatable bonds is 6. The van der Waals surface area contributed by atoms with Crippen molar-refractivity contribution in [3.63, 3.8) is 0 Å². The van der Waals surface area contributed by atoms with Crippen LogP contribution in [-0.4, -0.2) is 61.2 Å². The quantitative estimate of drug-likeness (QED) is 0.349. The summed E-state index contributed by atoms with van der Waals surface area (Å²) in [6.07, 6.45) is -4.95. The van der Waals surface area contributed by atoms with E-state index in [0.717, 1.165) is 28.6 Å². The number of hydrogen-bond donors (Lipinski definition) is 0. The van der Waals surface area contributed by atoms with Crippen LogP contribution in [0.1, 0.15) is 5.56 Å². The van der Waals surface area contributed by atoms with Crippen molar-refractivity contribution < 1.29 is 40.4 Å². The first kappa shape index (κ1) is 24.4. The summed E-state index contributed by atoms with van der Waals surface area (Å²) in [5, 5.41) is 10.7. The largest absolute Gasteiger partial charge is 0.483 e. The number of piperazine rings is 1. The number of nitro groups is 1. The molecule has 1 fully saturated rings. The molecular weight excluding hydrogens is 474 g/mol. The lowest BCUT2D eigenvalue weighted by molar-refractivity contribution is -0.385. The Morgan fingerprint density at radius 3 is 2.30 bits per heavy atom. The van der Waals surface area contributed by atoms with Gasteiger partial charge in [-0.25, -0.2) is 12.8 Å². The maximum absolute atomic E-state index is 13.9. The van der Waals surface area contributed by atoms with Gasteiger partial charge in [0.2, 0.25) is 10.0 Å². The number of benzene rings is 2. The number of alkyl halides is 3. The van der Waals surface area contributed by atoms with Crippen molar-refractivity contribution in [2.75, 3.05) is 32.8 Å². The first-order chi connectivity index (χ1) is 15.4. The smallest absolute Gasteiger partial charge is 0.420 e. The van der Waals surface area contributed by atoms with Gasteiger partial charge in [-0.3, -0.25) is 14.9 Å². The van der Waals surface area contributed by atoms with Gasteiger partial charge >= 0.3 is 6.18 Å². The zero-order valence-corrected chi connectivity index (χ0v) is 17.6. The van der Waals surface area contributed by atoms with Crippen LogP contribution in [0.4, 0.5) is 23.2 Å². The molecule has 9 nitrogen and oxygen atoms in total. The zero-order chi connectivity index (χ0) is 24.4. The fourth-order valence-electron chi connectivity index (χ4n) is 3.18. The Labute approximate surface area is 185 Å². The fourth-order valence-corrected chi connectivity index (χ4v) is 4.67. The molecule has 1 aliphatic heterocycles. The maximum atomic E-state index is 13.9. The van der Waals surface area contributed by atoms with Gasteiger partial charge < -0.3 is 9.64 Å². The van der Waals surface area contributed by atoms with Gasteiger partial charge in [-0.05, 0) is 18.2 Å². The highest BCUT2D eigenvalue weighted by Gasteiger charge is 2.37. The summed E-state index contributed by atoms with van der Waals surface area (Å²) >= 11 is 0. The highest BCUT2D eigenvalue weighted by atomic mass is 32.2. The van der Waals surface area contributed by atoms with Crippen LogP contribution in [0.15, 0.2) is 47.4 Å². The third-order valence-electron chi connectivity index (χ3n) is 4.88. The van der Waals surface area contributed by atoms with Crippen LogP contribution < -0.4 is 4.74 Å². The van der Waals surface area contributed by atoms with Gasteiger partial charge in [-0.15, -0.1) is 0 Å². The van der Waals surface area contributed by atoms with Gasteiger partial charge in [-0.1, -0.05) is 12.1 Å². The SMILES string of the molecule is O=C(COc1ccc([N+](=O)[O-])cc1C(F)(F)F)N1CCN(S(=O)(=O)c2ccccc2F)CC1. The number of nitrogens with zero attached hydrogens (tertiary/aromatic N) is 3. The van der Waals surface area contributed by atoms with Crippen LogP contribution in [0.2, 0.25) is 0 Å². The number of halogens is 4. The summed E-state index contributed by atoms with van der Waals surface area (Å²) < 4.78 is 84.7. The Kier molecular flexibility index (Phi) is 6.88. The van der Waals surface area contributed by atoms with E-state index in [0.29, 0.717) is 6.07 Å². The summed E-state index contributed by atoms with van der Waals surface area (Å²) in [5.41, 5.74) is -2.18. The second kappa shape index (κ2) is 9.31. The third kappa shape index (κ3) is 5.39. The molecular formula is C19H17F4N3O6S. The highest BCUT2D eigenvalue weighted by Crippen LogP contribution is 2.38. The average molecular weight is 491 g/mol. The second-order valence-electron chi connectivity index (χ2n) is 6.94. The summed E-state index contributed by atoms with van der Waals surface area (Å²) in [6.45, 7) is -1.24. The molecule has 0 radical (unpaired) electrons. The van der Waals surface area contributed by atoms with Crippen LogP contribution in [-0.2, 0) is 21.0 Å². The predicted octanol–water partition coefficient (Wildman–Crippen LogP) is 2.66. The number of hydrogen-bond acceptors (Lipinski definition) is 6. The Morgan fingerprint density at radius 2 is 1.73 bits per heavy atom. The molecule has 178 valence electrons. The van der Waals surface area contributed by atoms with E-state index in [1.807, 2.05) is 0 Å². The van der Waals surface area contributed by atoms with Gasteiger partial charge in [-0.2, -0.15) is 17.5 Å². The first-order valence-corrected chi connectivity index (χ1v) is 10.9. The van der Waals surface area contributed by atoms with Crippen molar-refractivity contribution in [3.8, 4) is 5.75 Å². The van der Waals surface area contributed by atoms with Gasteiger partial charge in [0, 0.05) is 38.3 Å². The lowest BCUT2D eigenvalue weighted by Crippen LogP contribution is -2.51. The Morgan fingerprint density at radius 1 is 1.09 bits per heavy atom. The number of non-ortho nitro benzene ring substituents is 1. The van der Waals surface area contributed by atoms with Crippen LogP contribution >= 0.6 is 0 Å². The van der Waals surface area contributed by atoms with E-state index in [4.69, 9.17) is 4.74 Å². The minimum absolute atomic E-state index is 0.0811. The van der Waals surface area contributed by atoms with Gasteiger partial charge in [0.1, 0.15) is 22.0 Å². The molecule has 14 heteroatoms. The molecule has 0 saturated carbocycles. The molecule has 0 aliphatic carbocycles. The Bertz CT molecular complexity index is 1160. The summed E-state index contributed by atoms with van der Waals surface area (Å²) in [7, 11) is -4.12. The molecule has 2 aromatic rings. The molecule has 1 aliphatic rings. The predicted molar refractivity (Wildman–Crippen MR) is 105 cm³/mol. The van der Waals surface area contributed by atoms with Crippen molar-refractivity contribution in [1.82, 2.24) is 9.21 Å². The van der Waals surface area contributed by atoms with Gasteiger partial charge in [0.25, 0.3) is 11.6 Å². The second-order valence-corrected chi connectivity index (χ2v) is 8.85. The van der Waals surface area contributed by atoms with Gasteiger partial charge in [0.05, 0.1) is 4.92 Å². The lowest BCUT2D eigenvalue weighted by Gasteiger charge is -2.34. The summed E-state index contributed by atoms with van der Waals surface area (Å²) in [5.74, 6) is -2.36. The molecule has 0 aromatic heterocycles. The van der Waals surface area contributed by atoms with E-state index >= 15 is 0 Å². The molecule has 3 rings (SSSR count). The van der Waals surface area contributed by atoms with Crippen LogP contribution in [0.25, 0.3) is 0 Å². The van der Waals surface area contributed by atoms with Crippen molar-refractivity contribution in [2.45, 2.75) is 11.1 Å². The monoisotopic (exact) mass is 491 g/mol. The summed E-state index contributed by atoms with van der Waals surface area (Å²) in [6, 6.07) is 6.75. The van der Waals surface area contributed by atoms with Gasteiger partial charge in [0.15, 0.2) is 6.61 Å². The normalized spacial score (nSPS) is 15.3. The van der Waals surface area contributed by atoms with Crippen molar-refractivity contribution in [3.05, 3.63) is 64.0 Å². The number of ether oxygens (including phenoxy) is 1. The van der Waals surface area contributed by atoms with Crippen molar-refractivity contribution in [1.29, 1.82) is 0 Å². The maximum Gasteiger partial charge on any atom is 0.420 e. The standard InChI is InChI=1S/C19H17F4N3O6S/c20-15-3-1-2-4-17(15)33(30,31)25-9-7-24(8-10-25)18(27)12-32-16-6-5-13(26(28)29)11-14(16)19(21,22)23/h1-6,11H,7-10,12H2. The first-order valence-electron chi connectivity index (χ1n) is 9.42. The molecule has 0 bridgehead atoms. The number of sulfonamides is 1. The molecule has 2 aromatic carbocycles. The molecule has 0 N–H and O–H groups in total. The molecule has 1 heterocycles. The zero-order valence-electron chi connectivity index (χ0n) is 16.8. The molecule has 1 saturated heterocycles. The van der Waals surface area contributed by atoms with Crippen LogP contribution in [0.5, 0.6) is 5.75 Å². The number of amides is 1. The Balaban J connectivity index is 1.64. The lowest BCUT2D eigenvalue weighted by atomic mass is 10.1. The number of carbonyl (C=O) groups excluding carboxylic acids is 1. The number of nitro benzene ring substituents is 1. The third-order valence-corrected chi connectivity index (χ3v) is 6.81. The summed E-state index contributed by atoms with van der Waals surface area (Å²) in [4.78, 5) is 22.8. The average Bonchev–Trinajstić information content (AvgIpc) is 2.77. The Hall–Kier alpha value is -3.26. The fraction of sp³-hybridized carbons (Fsp3) is 0.316. The van der Waals surface area contributed by atoms with E-state index in [1.54, 1.807) is 0 Å². The van der Waals surface area contributed by atoms with E-state index in [1.165, 1.54) is 17.0 Å². The molecule has 0 unspecified atom stereocenters. The molecule has 33 heavy (non-hydrogen) atoms. The van der Waals surface area contributed by atoms with E-state index in [2.05, 4.69) is 0 Å². The van der Waals surface area contributed by atoms with Crippen LogP contribution in [0, 0.1) is 15.9 Å². The molecule has 1 amide bonds. The minimum Gasteiger partial charge on any atom is -0.483 e. The van der Waals surface area contributed by atoms with E-state index < -0.39 is 61.4 Å². The van der Waals surface area contributed by atoms with E-state index in [-0.39, 0.29) is 26.2 Å². The molecule has 0 spiro atoms. The topological polar surface area (TPSA) is 110 Å². The van der Waals surface area contributed by atoms with Crippen molar-refractivity contribution in [2.24, 2.45) is 0 Å². The minimum atomic E-state index is -4.95. The molecule has 0 atom stereocenters.